The molecule has 1 aliphatic carbocycles. The molecule has 3 heteroatoms. The van der Waals surface area contributed by atoms with Gasteiger partial charge in [-0.1, -0.05) is 13.3 Å². The molecule has 0 bridgehead atoms. The Balaban J connectivity index is 2.03. The van der Waals surface area contributed by atoms with E-state index in [1.54, 1.807) is 0 Å². The van der Waals surface area contributed by atoms with E-state index in [4.69, 9.17) is 4.74 Å². The Bertz CT molecular complexity index is 258. The van der Waals surface area contributed by atoms with Crippen LogP contribution in [0.4, 0.5) is 0 Å². The zero-order valence-corrected chi connectivity index (χ0v) is 10.7. The van der Waals surface area contributed by atoms with Gasteiger partial charge in [0.05, 0.1) is 5.92 Å². The van der Waals surface area contributed by atoms with Crippen LogP contribution in [0.5, 0.6) is 0 Å². The Morgan fingerprint density at radius 2 is 2.18 bits per heavy atom. The lowest BCUT2D eigenvalue weighted by molar-refractivity contribution is -0.147. The Labute approximate surface area is 104 Å². The van der Waals surface area contributed by atoms with Crippen LogP contribution in [0.25, 0.3) is 0 Å². The fraction of sp³-hybridized carbons (Fsp3) is 0.929. The third-order valence-electron chi connectivity index (χ3n) is 4.70. The van der Waals surface area contributed by atoms with Crippen LogP contribution >= 0.6 is 0 Å². The summed E-state index contributed by atoms with van der Waals surface area (Å²) in [5.41, 5.74) is 0. The molecule has 0 aromatic carbocycles. The second-order valence-corrected chi connectivity index (χ2v) is 5.67. The monoisotopic (exact) mass is 240 g/mol. The molecule has 2 aliphatic rings. The van der Waals surface area contributed by atoms with Gasteiger partial charge in [0.2, 0.25) is 0 Å². The zero-order valence-electron chi connectivity index (χ0n) is 10.7. The van der Waals surface area contributed by atoms with Gasteiger partial charge < -0.3 is 9.84 Å². The molecule has 3 nitrogen and oxygen atoms in total. The fourth-order valence-corrected chi connectivity index (χ4v) is 3.60. The molecule has 1 aliphatic heterocycles. The van der Waals surface area contributed by atoms with Crippen LogP contribution in [0.3, 0.4) is 0 Å². The van der Waals surface area contributed by atoms with Crippen molar-refractivity contribution in [2.45, 2.75) is 45.4 Å². The van der Waals surface area contributed by atoms with Crippen LogP contribution in [-0.4, -0.2) is 24.3 Å². The summed E-state index contributed by atoms with van der Waals surface area (Å²) in [5, 5.41) is 9.36. The maximum Gasteiger partial charge on any atom is 0.306 e. The lowest BCUT2D eigenvalue weighted by Gasteiger charge is -2.39. The third kappa shape index (κ3) is 3.01. The van der Waals surface area contributed by atoms with Crippen molar-refractivity contribution in [2.75, 3.05) is 13.2 Å². The van der Waals surface area contributed by atoms with E-state index < -0.39 is 5.97 Å². The van der Waals surface area contributed by atoms with Gasteiger partial charge in [-0.25, -0.2) is 0 Å². The Morgan fingerprint density at radius 3 is 2.76 bits per heavy atom. The standard InChI is InChI=1S/C14H24O3/c1-2-10-5-6-12(14(15)16)13(8-10)11-4-3-7-17-9-11/h10-13H,2-9H2,1H3,(H,15,16). The topological polar surface area (TPSA) is 46.5 Å². The number of hydrogen-bond donors (Lipinski definition) is 1. The molecule has 0 radical (unpaired) electrons. The molecule has 2 rings (SSSR count). The summed E-state index contributed by atoms with van der Waals surface area (Å²) in [6, 6.07) is 0. The summed E-state index contributed by atoms with van der Waals surface area (Å²) in [6.45, 7) is 3.86. The molecule has 4 unspecified atom stereocenters. The van der Waals surface area contributed by atoms with Crippen LogP contribution in [-0.2, 0) is 9.53 Å². The lowest BCUT2D eigenvalue weighted by atomic mass is 9.67. The first kappa shape index (κ1) is 12.9. The minimum absolute atomic E-state index is 0.121. The second kappa shape index (κ2) is 5.85. The predicted octanol–water partition coefficient (Wildman–Crippen LogP) is 2.94. The zero-order chi connectivity index (χ0) is 12.3. The van der Waals surface area contributed by atoms with E-state index in [0.717, 1.165) is 51.2 Å². The molecule has 0 spiro atoms. The van der Waals surface area contributed by atoms with Crippen molar-refractivity contribution in [3.05, 3.63) is 0 Å². The van der Waals surface area contributed by atoms with Crippen LogP contribution in [0, 0.1) is 23.7 Å². The predicted molar refractivity (Wildman–Crippen MR) is 65.8 cm³/mol. The van der Waals surface area contributed by atoms with Gasteiger partial charge in [0.15, 0.2) is 0 Å². The number of carbonyl (C=O) groups is 1. The van der Waals surface area contributed by atoms with E-state index in [1.165, 1.54) is 6.42 Å². The molecule has 1 N–H and O–H groups in total. The van der Waals surface area contributed by atoms with Gasteiger partial charge in [0.1, 0.15) is 0 Å². The summed E-state index contributed by atoms with van der Waals surface area (Å²) in [6.07, 6.45) is 6.51. The van der Waals surface area contributed by atoms with Crippen molar-refractivity contribution in [3.8, 4) is 0 Å². The lowest BCUT2D eigenvalue weighted by Crippen LogP contribution is -2.38. The van der Waals surface area contributed by atoms with Gasteiger partial charge in [0.25, 0.3) is 0 Å². The average molecular weight is 240 g/mol. The first-order valence-corrected chi connectivity index (χ1v) is 7.03. The van der Waals surface area contributed by atoms with Crippen molar-refractivity contribution >= 4 is 5.97 Å². The summed E-state index contributed by atoms with van der Waals surface area (Å²) in [4.78, 5) is 11.4. The number of ether oxygens (including phenoxy) is 1. The highest BCUT2D eigenvalue weighted by Crippen LogP contribution is 2.42. The minimum Gasteiger partial charge on any atom is -0.481 e. The third-order valence-corrected chi connectivity index (χ3v) is 4.70. The van der Waals surface area contributed by atoms with E-state index in [0.29, 0.717) is 11.8 Å². The smallest absolute Gasteiger partial charge is 0.306 e. The molecule has 1 saturated heterocycles. The molecule has 0 amide bonds. The van der Waals surface area contributed by atoms with Crippen LogP contribution in [0.15, 0.2) is 0 Å². The van der Waals surface area contributed by atoms with Gasteiger partial charge in [-0.15, -0.1) is 0 Å². The summed E-state index contributed by atoms with van der Waals surface area (Å²) >= 11 is 0. The van der Waals surface area contributed by atoms with Crippen LogP contribution in [0.1, 0.15) is 45.4 Å². The van der Waals surface area contributed by atoms with E-state index in [1.807, 2.05) is 0 Å². The molecule has 0 aromatic rings. The van der Waals surface area contributed by atoms with E-state index in [-0.39, 0.29) is 5.92 Å². The highest BCUT2D eigenvalue weighted by Gasteiger charge is 2.39. The molecule has 1 saturated carbocycles. The maximum absolute atomic E-state index is 11.4. The van der Waals surface area contributed by atoms with Crippen molar-refractivity contribution < 1.29 is 14.6 Å². The molecular weight excluding hydrogens is 216 g/mol. The number of rotatable bonds is 3. The Morgan fingerprint density at radius 1 is 1.35 bits per heavy atom. The SMILES string of the molecule is CCC1CCC(C(=O)O)C(C2CCCOC2)C1. The van der Waals surface area contributed by atoms with E-state index in [2.05, 4.69) is 6.92 Å². The van der Waals surface area contributed by atoms with Gasteiger partial charge >= 0.3 is 5.97 Å². The minimum atomic E-state index is -0.588. The molecule has 17 heavy (non-hydrogen) atoms. The molecule has 0 aromatic heterocycles. The van der Waals surface area contributed by atoms with Crippen LogP contribution < -0.4 is 0 Å². The average Bonchev–Trinajstić information content (AvgIpc) is 2.39. The van der Waals surface area contributed by atoms with Crippen molar-refractivity contribution in [1.82, 2.24) is 0 Å². The number of hydrogen-bond acceptors (Lipinski definition) is 2. The molecule has 98 valence electrons. The van der Waals surface area contributed by atoms with Crippen LogP contribution in [0.2, 0.25) is 0 Å². The maximum atomic E-state index is 11.4. The van der Waals surface area contributed by atoms with Crippen molar-refractivity contribution in [3.63, 3.8) is 0 Å². The van der Waals surface area contributed by atoms with Gasteiger partial charge in [0, 0.05) is 13.2 Å². The number of carboxylic acids is 1. The normalized spacial score (nSPS) is 38.9. The first-order chi connectivity index (χ1) is 8.22. The van der Waals surface area contributed by atoms with Crippen molar-refractivity contribution in [2.24, 2.45) is 23.7 Å². The van der Waals surface area contributed by atoms with Gasteiger partial charge in [-0.3, -0.25) is 4.79 Å². The highest BCUT2D eigenvalue weighted by atomic mass is 16.5. The Hall–Kier alpha value is -0.570. The molecule has 1 heterocycles. The van der Waals surface area contributed by atoms with Crippen molar-refractivity contribution in [1.29, 1.82) is 0 Å². The number of aliphatic carboxylic acids is 1. The largest absolute Gasteiger partial charge is 0.481 e. The summed E-state index contributed by atoms with van der Waals surface area (Å²) < 4.78 is 5.54. The van der Waals surface area contributed by atoms with E-state index in [9.17, 15) is 9.90 Å². The second-order valence-electron chi connectivity index (χ2n) is 5.67. The molecular formula is C14H24O3. The summed E-state index contributed by atoms with van der Waals surface area (Å²) in [7, 11) is 0. The van der Waals surface area contributed by atoms with Gasteiger partial charge in [-0.2, -0.15) is 0 Å². The highest BCUT2D eigenvalue weighted by molar-refractivity contribution is 5.70. The van der Waals surface area contributed by atoms with E-state index >= 15 is 0 Å². The first-order valence-electron chi connectivity index (χ1n) is 7.03. The number of carboxylic acid groups (broad SMARTS) is 1. The molecule has 2 fully saturated rings. The fourth-order valence-electron chi connectivity index (χ4n) is 3.60. The molecule has 4 atom stereocenters. The Kier molecular flexibility index (Phi) is 4.43. The quantitative estimate of drug-likeness (QED) is 0.825. The summed E-state index contributed by atoms with van der Waals surface area (Å²) in [5.74, 6) is 0.864. The van der Waals surface area contributed by atoms with Gasteiger partial charge in [-0.05, 0) is 49.9 Å².